The van der Waals surface area contributed by atoms with Crippen molar-refractivity contribution in [2.24, 2.45) is 10.2 Å². The highest BCUT2D eigenvalue weighted by Gasteiger charge is 2.14. The third-order valence-corrected chi connectivity index (χ3v) is 2.45. The van der Waals surface area contributed by atoms with Crippen molar-refractivity contribution in [1.29, 1.82) is 0 Å². The SMILES string of the molecule is CC1=CC(=NN=c2ccn([O-])c(C)c2)C=C[N+]1=O. The zero-order valence-corrected chi connectivity index (χ0v) is 10.1. The van der Waals surface area contributed by atoms with E-state index in [2.05, 4.69) is 10.2 Å². The molecule has 1 aromatic heterocycles. The summed E-state index contributed by atoms with van der Waals surface area (Å²) < 4.78 is 1.51. The van der Waals surface area contributed by atoms with Crippen LogP contribution in [0, 0.1) is 17.0 Å². The van der Waals surface area contributed by atoms with Gasteiger partial charge in [0.15, 0.2) is 0 Å². The molecule has 0 atom stereocenters. The molecule has 0 N–H and O–H groups in total. The molecule has 1 aliphatic rings. The van der Waals surface area contributed by atoms with Gasteiger partial charge in [0, 0.05) is 35.9 Å². The Balaban J connectivity index is 2.32. The predicted molar refractivity (Wildman–Crippen MR) is 67.5 cm³/mol. The molecule has 0 radical (unpaired) electrons. The Hall–Kier alpha value is -2.50. The summed E-state index contributed by atoms with van der Waals surface area (Å²) in [6.07, 6.45) is 5.98. The summed E-state index contributed by atoms with van der Waals surface area (Å²) in [5, 5.41) is 19.7. The summed E-state index contributed by atoms with van der Waals surface area (Å²) >= 11 is 0. The molecule has 1 aliphatic heterocycles. The number of nitrogens with zero attached hydrogens (tertiary/aromatic N) is 4. The predicted octanol–water partition coefficient (Wildman–Crippen LogP) is 1.61. The van der Waals surface area contributed by atoms with Gasteiger partial charge in [-0.15, -0.1) is 0 Å². The minimum atomic E-state index is 0.549. The van der Waals surface area contributed by atoms with E-state index in [-0.39, 0.29) is 0 Å². The smallest absolute Gasteiger partial charge is 0.238 e. The highest BCUT2D eigenvalue weighted by molar-refractivity contribution is 6.04. The third kappa shape index (κ3) is 2.60. The van der Waals surface area contributed by atoms with Crippen LogP contribution in [0.5, 0.6) is 0 Å². The molecule has 0 bridgehead atoms. The van der Waals surface area contributed by atoms with Crippen molar-refractivity contribution in [3.63, 3.8) is 0 Å². The molecule has 0 fully saturated rings. The lowest BCUT2D eigenvalue weighted by atomic mass is 10.2. The first-order valence-electron chi connectivity index (χ1n) is 5.37. The quantitative estimate of drug-likeness (QED) is 0.556. The molecule has 92 valence electrons. The maximum Gasteiger partial charge on any atom is 0.238 e. The molecule has 0 spiro atoms. The van der Waals surface area contributed by atoms with Gasteiger partial charge in [0.1, 0.15) is 0 Å². The number of rotatable bonds is 1. The Morgan fingerprint density at radius 1 is 1.33 bits per heavy atom. The standard InChI is InChI=1S/C12H12N4O2/c1-9-7-11(3-5-15(9)17)13-14-12-4-6-16(18)10(2)8-12/h3-8H,1-2H3. The molecule has 0 aromatic carbocycles. The lowest BCUT2D eigenvalue weighted by molar-refractivity contribution is -0.424. The molecule has 0 unspecified atom stereocenters. The molecule has 18 heavy (non-hydrogen) atoms. The highest BCUT2D eigenvalue weighted by Crippen LogP contribution is 2.04. The number of aromatic nitrogens is 1. The van der Waals surface area contributed by atoms with Gasteiger partial charge in [0.2, 0.25) is 11.9 Å². The van der Waals surface area contributed by atoms with Crippen LogP contribution in [0.4, 0.5) is 0 Å². The second-order valence-electron chi connectivity index (χ2n) is 3.90. The minimum absolute atomic E-state index is 0.549. The van der Waals surface area contributed by atoms with Gasteiger partial charge in [-0.3, -0.25) is 0 Å². The normalized spacial score (nSPS) is 18.3. The Labute approximate surface area is 103 Å². The number of allylic oxidation sites excluding steroid dienone is 3. The van der Waals surface area contributed by atoms with Crippen LogP contribution >= 0.6 is 0 Å². The minimum Gasteiger partial charge on any atom is -0.806 e. The summed E-state index contributed by atoms with van der Waals surface area (Å²) in [6, 6.07) is 3.22. The maximum absolute atomic E-state index is 11.1. The van der Waals surface area contributed by atoms with Crippen LogP contribution in [-0.2, 0) is 0 Å². The number of hydrogen-bond donors (Lipinski definition) is 0. The van der Waals surface area contributed by atoms with Gasteiger partial charge in [-0.2, -0.15) is 10.2 Å². The van der Waals surface area contributed by atoms with Crippen LogP contribution < -0.4 is 5.36 Å². The van der Waals surface area contributed by atoms with Gasteiger partial charge >= 0.3 is 0 Å². The van der Waals surface area contributed by atoms with Crippen LogP contribution in [0.3, 0.4) is 0 Å². The van der Waals surface area contributed by atoms with E-state index in [0.717, 1.165) is 9.49 Å². The largest absolute Gasteiger partial charge is 0.806 e. The summed E-state index contributed by atoms with van der Waals surface area (Å²) in [5.74, 6) is 0. The molecule has 6 heteroatoms. The molecule has 0 saturated carbocycles. The third-order valence-electron chi connectivity index (χ3n) is 2.45. The fourth-order valence-corrected chi connectivity index (χ4v) is 1.41. The zero-order valence-electron chi connectivity index (χ0n) is 10.1. The maximum atomic E-state index is 11.1. The van der Waals surface area contributed by atoms with Crippen molar-refractivity contribution in [2.75, 3.05) is 0 Å². The molecule has 0 amide bonds. The summed E-state index contributed by atoms with van der Waals surface area (Å²) in [5.41, 5.74) is 1.69. The van der Waals surface area contributed by atoms with Crippen LogP contribution in [-0.4, -0.2) is 15.2 Å². The molecule has 1 aromatic rings. The van der Waals surface area contributed by atoms with E-state index < -0.39 is 0 Å². The number of pyridine rings is 1. The summed E-state index contributed by atoms with van der Waals surface area (Å²) in [7, 11) is 0. The Kier molecular flexibility index (Phi) is 3.18. The Morgan fingerprint density at radius 3 is 2.78 bits per heavy atom. The lowest BCUT2D eigenvalue weighted by Gasteiger charge is -2.12. The monoisotopic (exact) mass is 244 g/mol. The Bertz CT molecular complexity index is 650. The highest BCUT2D eigenvalue weighted by atomic mass is 16.5. The van der Waals surface area contributed by atoms with Gasteiger partial charge in [-0.05, 0) is 19.1 Å². The number of nitroso groups, excluding NO2 is 1. The lowest BCUT2D eigenvalue weighted by Crippen LogP contribution is -2.08. The second-order valence-corrected chi connectivity index (χ2v) is 3.90. The molecule has 2 rings (SSSR count). The van der Waals surface area contributed by atoms with E-state index in [1.54, 1.807) is 38.1 Å². The molecule has 2 heterocycles. The van der Waals surface area contributed by atoms with Crippen LogP contribution in [0.1, 0.15) is 12.6 Å². The molecular formula is C12H12N4O2. The molecular weight excluding hydrogens is 232 g/mol. The van der Waals surface area contributed by atoms with Crippen molar-refractivity contribution in [1.82, 2.24) is 4.73 Å². The molecule has 0 saturated heterocycles. The summed E-state index contributed by atoms with van der Waals surface area (Å²) in [6.45, 7) is 3.39. The first-order valence-corrected chi connectivity index (χ1v) is 5.37. The summed E-state index contributed by atoms with van der Waals surface area (Å²) in [4.78, 5) is 11.1. The van der Waals surface area contributed by atoms with E-state index in [1.807, 2.05) is 0 Å². The van der Waals surface area contributed by atoms with Gasteiger partial charge in [0.25, 0.3) is 0 Å². The van der Waals surface area contributed by atoms with Crippen molar-refractivity contribution in [3.05, 3.63) is 63.5 Å². The molecule has 0 aliphatic carbocycles. The first kappa shape index (κ1) is 12.0. The topological polar surface area (TPSA) is 72.8 Å². The fourth-order valence-electron chi connectivity index (χ4n) is 1.41. The number of aryl methyl sites for hydroxylation is 1. The van der Waals surface area contributed by atoms with E-state index in [1.165, 1.54) is 12.4 Å². The average molecular weight is 244 g/mol. The van der Waals surface area contributed by atoms with Crippen LogP contribution in [0.25, 0.3) is 0 Å². The van der Waals surface area contributed by atoms with Crippen molar-refractivity contribution < 1.29 is 4.76 Å². The second kappa shape index (κ2) is 4.79. The van der Waals surface area contributed by atoms with E-state index in [9.17, 15) is 10.1 Å². The van der Waals surface area contributed by atoms with Crippen LogP contribution in [0.2, 0.25) is 0 Å². The van der Waals surface area contributed by atoms with Crippen molar-refractivity contribution in [3.8, 4) is 0 Å². The average Bonchev–Trinajstić information content (AvgIpc) is 2.35. The van der Waals surface area contributed by atoms with Gasteiger partial charge in [0.05, 0.1) is 15.8 Å². The van der Waals surface area contributed by atoms with E-state index in [0.29, 0.717) is 22.5 Å². The van der Waals surface area contributed by atoms with Crippen molar-refractivity contribution in [2.45, 2.75) is 13.8 Å². The van der Waals surface area contributed by atoms with Gasteiger partial charge in [-0.1, -0.05) is 0 Å². The zero-order chi connectivity index (χ0) is 13.1. The number of hydrogen-bond acceptors (Lipinski definition) is 4. The van der Waals surface area contributed by atoms with Gasteiger partial charge < -0.3 is 9.94 Å². The molecule has 6 nitrogen and oxygen atoms in total. The fraction of sp³-hybridized carbons (Fsp3) is 0.167. The van der Waals surface area contributed by atoms with Crippen LogP contribution in [0.15, 0.2) is 52.6 Å². The van der Waals surface area contributed by atoms with E-state index in [4.69, 9.17) is 0 Å². The van der Waals surface area contributed by atoms with Gasteiger partial charge in [-0.25, -0.2) is 0 Å². The first-order chi connectivity index (χ1) is 8.56. The Morgan fingerprint density at radius 2 is 2.11 bits per heavy atom. The van der Waals surface area contributed by atoms with E-state index >= 15 is 0 Å². The van der Waals surface area contributed by atoms with Crippen molar-refractivity contribution >= 4 is 5.71 Å².